The molecule has 0 aliphatic carbocycles. The number of nitrogens with zero attached hydrogens (tertiary/aromatic N) is 1. The number of alkyl halides is 3. The molecule has 0 aliphatic rings. The van der Waals surface area contributed by atoms with Crippen molar-refractivity contribution in [2.45, 2.75) is 6.36 Å². The number of rotatable bonds is 8. The number of nitrogens with one attached hydrogen (secondary N) is 1. The van der Waals surface area contributed by atoms with Crippen LogP contribution in [0.3, 0.4) is 0 Å². The van der Waals surface area contributed by atoms with Crippen LogP contribution in [0.5, 0.6) is 17.2 Å². The van der Waals surface area contributed by atoms with Gasteiger partial charge in [-0.1, -0.05) is 5.16 Å². The summed E-state index contributed by atoms with van der Waals surface area (Å²) in [4.78, 5) is 16.7. The van der Waals surface area contributed by atoms with Gasteiger partial charge in [-0.25, -0.2) is 0 Å². The number of benzene rings is 2. The van der Waals surface area contributed by atoms with Crippen molar-refractivity contribution >= 4 is 17.8 Å². The number of carbonyl (C=O) groups excluding carboxylic acids is 1. The van der Waals surface area contributed by atoms with Crippen LogP contribution in [-0.2, 0) is 9.63 Å². The van der Waals surface area contributed by atoms with Crippen molar-refractivity contribution in [1.29, 1.82) is 0 Å². The quantitative estimate of drug-likeness (QED) is 0.543. The van der Waals surface area contributed by atoms with E-state index in [0.717, 1.165) is 12.1 Å². The zero-order chi connectivity index (χ0) is 20.6. The molecule has 0 saturated heterocycles. The Kier molecular flexibility index (Phi) is 7.08. The molecule has 7 nitrogen and oxygen atoms in total. The summed E-state index contributed by atoms with van der Waals surface area (Å²) < 4.78 is 50.3. The first-order chi connectivity index (χ1) is 13.3. The average molecular weight is 398 g/mol. The van der Waals surface area contributed by atoms with Gasteiger partial charge in [-0.15, -0.1) is 13.2 Å². The summed E-state index contributed by atoms with van der Waals surface area (Å²) in [6, 6.07) is 9.80. The summed E-state index contributed by atoms with van der Waals surface area (Å²) in [5, 5.41) is 6.13. The lowest BCUT2D eigenvalue weighted by Gasteiger charge is -2.09. The summed E-state index contributed by atoms with van der Waals surface area (Å²) in [7, 11) is 3.02. The number of oxime groups is 1. The Morgan fingerprint density at radius 1 is 1.07 bits per heavy atom. The van der Waals surface area contributed by atoms with Crippen LogP contribution in [0.25, 0.3) is 0 Å². The highest BCUT2D eigenvalue weighted by molar-refractivity contribution is 5.91. The molecule has 0 radical (unpaired) electrons. The fraction of sp³-hybridized carbons (Fsp3) is 0.222. The second-order valence-corrected chi connectivity index (χ2v) is 5.24. The van der Waals surface area contributed by atoms with Crippen LogP contribution >= 0.6 is 0 Å². The fourth-order valence-corrected chi connectivity index (χ4v) is 2.06. The zero-order valence-electron chi connectivity index (χ0n) is 14.9. The molecule has 0 fully saturated rings. The SMILES string of the molecule is COc1ccc(/C=N/OCC(=O)Nc2ccc(OC(F)(F)F)cc2)cc1OC. The van der Waals surface area contributed by atoms with Gasteiger partial charge in [0.15, 0.2) is 18.1 Å². The molecule has 1 amide bonds. The summed E-state index contributed by atoms with van der Waals surface area (Å²) in [5.74, 6) is 0.156. The molecule has 0 aliphatic heterocycles. The van der Waals surface area contributed by atoms with E-state index in [0.29, 0.717) is 17.1 Å². The Morgan fingerprint density at radius 2 is 1.75 bits per heavy atom. The molecule has 28 heavy (non-hydrogen) atoms. The third kappa shape index (κ3) is 6.71. The minimum atomic E-state index is -4.77. The van der Waals surface area contributed by atoms with Crippen LogP contribution < -0.4 is 19.5 Å². The van der Waals surface area contributed by atoms with Gasteiger partial charge in [0.25, 0.3) is 5.91 Å². The molecular weight excluding hydrogens is 381 g/mol. The highest BCUT2D eigenvalue weighted by atomic mass is 19.4. The number of methoxy groups -OCH3 is 2. The van der Waals surface area contributed by atoms with E-state index in [4.69, 9.17) is 14.3 Å². The Labute approximate surface area is 158 Å². The largest absolute Gasteiger partial charge is 0.573 e. The molecule has 0 saturated carbocycles. The fourth-order valence-electron chi connectivity index (χ4n) is 2.06. The van der Waals surface area contributed by atoms with E-state index in [-0.39, 0.29) is 18.0 Å². The first kappa shape index (κ1) is 20.9. The van der Waals surface area contributed by atoms with Crippen LogP contribution in [0.2, 0.25) is 0 Å². The van der Waals surface area contributed by atoms with Crippen molar-refractivity contribution in [1.82, 2.24) is 0 Å². The second-order valence-electron chi connectivity index (χ2n) is 5.24. The van der Waals surface area contributed by atoms with E-state index < -0.39 is 12.3 Å². The Morgan fingerprint density at radius 3 is 2.36 bits per heavy atom. The number of carbonyl (C=O) groups is 1. The van der Waals surface area contributed by atoms with Crippen molar-refractivity contribution in [3.05, 3.63) is 48.0 Å². The lowest BCUT2D eigenvalue weighted by atomic mass is 10.2. The van der Waals surface area contributed by atoms with E-state index in [1.54, 1.807) is 18.2 Å². The molecule has 1 N–H and O–H groups in total. The topological polar surface area (TPSA) is 78.4 Å². The molecule has 0 bridgehead atoms. The highest BCUT2D eigenvalue weighted by Gasteiger charge is 2.30. The smallest absolute Gasteiger partial charge is 0.493 e. The number of amides is 1. The van der Waals surface area contributed by atoms with Crippen LogP contribution in [0.4, 0.5) is 18.9 Å². The van der Waals surface area contributed by atoms with E-state index in [1.165, 1.54) is 32.6 Å². The predicted octanol–water partition coefficient (Wildman–Crippen LogP) is 3.59. The summed E-state index contributed by atoms with van der Waals surface area (Å²) >= 11 is 0. The molecule has 0 spiro atoms. The third-order valence-corrected chi connectivity index (χ3v) is 3.25. The minimum Gasteiger partial charge on any atom is -0.493 e. The zero-order valence-corrected chi connectivity index (χ0v) is 14.9. The molecule has 2 aromatic carbocycles. The van der Waals surface area contributed by atoms with Gasteiger partial charge in [-0.2, -0.15) is 0 Å². The maximum Gasteiger partial charge on any atom is 0.573 e. The van der Waals surface area contributed by atoms with Crippen molar-refractivity contribution in [2.75, 3.05) is 26.1 Å². The van der Waals surface area contributed by atoms with Gasteiger partial charge in [0, 0.05) is 11.3 Å². The molecule has 0 atom stereocenters. The number of anilines is 1. The summed E-state index contributed by atoms with van der Waals surface area (Å²) in [6.07, 6.45) is -3.39. The molecule has 2 rings (SSSR count). The van der Waals surface area contributed by atoms with Crippen molar-refractivity contribution in [2.24, 2.45) is 5.16 Å². The van der Waals surface area contributed by atoms with Gasteiger partial charge in [0.1, 0.15) is 5.75 Å². The van der Waals surface area contributed by atoms with Crippen LogP contribution in [0, 0.1) is 0 Å². The molecule has 0 heterocycles. The van der Waals surface area contributed by atoms with Gasteiger partial charge in [-0.3, -0.25) is 4.79 Å². The lowest BCUT2D eigenvalue weighted by molar-refractivity contribution is -0.274. The minimum absolute atomic E-state index is 0.284. The molecule has 10 heteroatoms. The summed E-state index contributed by atoms with van der Waals surface area (Å²) in [5.41, 5.74) is 0.949. The average Bonchev–Trinajstić information content (AvgIpc) is 2.65. The Bertz CT molecular complexity index is 823. The van der Waals surface area contributed by atoms with E-state index in [2.05, 4.69) is 15.2 Å². The van der Waals surface area contributed by atoms with Crippen LogP contribution in [-0.4, -0.2) is 39.3 Å². The normalized spacial score (nSPS) is 11.2. The molecular formula is C18H17F3N2O5. The first-order valence-electron chi connectivity index (χ1n) is 7.84. The van der Waals surface area contributed by atoms with Gasteiger partial charge < -0.3 is 24.4 Å². The third-order valence-electron chi connectivity index (χ3n) is 3.25. The Balaban J connectivity index is 1.82. The molecule has 150 valence electrons. The monoisotopic (exact) mass is 398 g/mol. The van der Waals surface area contributed by atoms with Gasteiger partial charge in [0.2, 0.25) is 0 Å². The van der Waals surface area contributed by atoms with Gasteiger partial charge in [-0.05, 0) is 42.5 Å². The molecule has 2 aromatic rings. The number of halogens is 3. The number of hydrogen-bond acceptors (Lipinski definition) is 6. The summed E-state index contributed by atoms with van der Waals surface area (Å²) in [6.45, 7) is -0.384. The maximum absolute atomic E-state index is 12.1. The number of ether oxygens (including phenoxy) is 3. The molecule has 0 aromatic heterocycles. The van der Waals surface area contributed by atoms with Gasteiger partial charge >= 0.3 is 6.36 Å². The Hall–Kier alpha value is -3.43. The van der Waals surface area contributed by atoms with Crippen molar-refractivity contribution in [3.63, 3.8) is 0 Å². The molecule has 0 unspecified atom stereocenters. The van der Waals surface area contributed by atoms with Crippen LogP contribution in [0.1, 0.15) is 5.56 Å². The standard InChI is InChI=1S/C18H17F3N2O5/c1-25-15-8-3-12(9-16(15)26-2)10-22-27-11-17(24)23-13-4-6-14(7-5-13)28-18(19,20)21/h3-10H,11H2,1-2H3,(H,23,24)/b22-10+. The maximum atomic E-state index is 12.1. The van der Waals surface area contributed by atoms with Crippen LogP contribution in [0.15, 0.2) is 47.6 Å². The van der Waals surface area contributed by atoms with Crippen molar-refractivity contribution < 1.29 is 37.0 Å². The number of hydrogen-bond donors (Lipinski definition) is 1. The predicted molar refractivity (Wildman–Crippen MR) is 94.8 cm³/mol. The lowest BCUT2D eigenvalue weighted by Crippen LogP contribution is -2.18. The van der Waals surface area contributed by atoms with Crippen molar-refractivity contribution in [3.8, 4) is 17.2 Å². The van der Waals surface area contributed by atoms with E-state index in [9.17, 15) is 18.0 Å². The van der Waals surface area contributed by atoms with Gasteiger partial charge in [0.05, 0.1) is 20.4 Å². The highest BCUT2D eigenvalue weighted by Crippen LogP contribution is 2.27. The first-order valence-corrected chi connectivity index (χ1v) is 7.84. The van der Waals surface area contributed by atoms with E-state index >= 15 is 0 Å². The second kappa shape index (κ2) is 9.49. The van der Waals surface area contributed by atoms with E-state index in [1.807, 2.05) is 0 Å².